The van der Waals surface area contributed by atoms with Gasteiger partial charge in [0.15, 0.2) is 0 Å². The number of hydrogen-bond acceptors (Lipinski definition) is 4. The first-order chi connectivity index (χ1) is 9.81. The third-order valence-electron chi connectivity index (χ3n) is 2.71. The molecule has 0 aromatic heterocycles. The van der Waals surface area contributed by atoms with Crippen LogP contribution in [0.1, 0.15) is 5.56 Å². The van der Waals surface area contributed by atoms with E-state index < -0.39 is 17.1 Å². The zero-order chi connectivity index (χ0) is 15.6. The molecule has 2 N–H and O–H groups in total. The summed E-state index contributed by atoms with van der Waals surface area (Å²) in [6, 6.07) is 4.62. The van der Waals surface area contributed by atoms with E-state index in [1.165, 1.54) is 23.9 Å². The predicted molar refractivity (Wildman–Crippen MR) is 81.5 cm³/mol. The molecule has 0 saturated carbocycles. The second kappa shape index (κ2) is 6.11. The van der Waals surface area contributed by atoms with E-state index in [4.69, 9.17) is 17.0 Å². The van der Waals surface area contributed by atoms with Crippen molar-refractivity contribution in [2.75, 3.05) is 11.6 Å². The molecule has 3 nitrogen and oxygen atoms in total. The Balaban J connectivity index is 2.17. The second-order valence-corrected chi connectivity index (χ2v) is 5.45. The van der Waals surface area contributed by atoms with Crippen molar-refractivity contribution in [3.63, 3.8) is 0 Å². The Bertz CT molecular complexity index is 608. The molecule has 0 bridgehead atoms. The summed E-state index contributed by atoms with van der Waals surface area (Å²) in [6.07, 6.45) is -1.04. The van der Waals surface area contributed by atoms with Crippen LogP contribution in [0.5, 0.6) is 0 Å². The van der Waals surface area contributed by atoms with Gasteiger partial charge in [-0.25, -0.2) is 4.99 Å². The smallest absolute Gasteiger partial charge is 0.340 e. The molecule has 0 aliphatic carbocycles. The maximum atomic E-state index is 12.5. The molecule has 1 heterocycles. The van der Waals surface area contributed by atoms with E-state index >= 15 is 0 Å². The van der Waals surface area contributed by atoms with Gasteiger partial charge in [-0.15, -0.1) is 23.4 Å². The number of thioether (sulfide) groups is 1. The summed E-state index contributed by atoms with van der Waals surface area (Å²) in [6.45, 7) is 0. The topological polar surface area (TPSA) is 48.2 Å². The molecular weight excluding hydrogens is 323 g/mol. The Labute approximate surface area is 128 Å². The van der Waals surface area contributed by atoms with Gasteiger partial charge in [-0.05, 0) is 36.6 Å². The highest BCUT2D eigenvalue weighted by Crippen LogP contribution is 2.30. The first-order valence-electron chi connectivity index (χ1n) is 5.83. The van der Waals surface area contributed by atoms with Gasteiger partial charge in [0.05, 0.1) is 16.7 Å². The summed E-state index contributed by atoms with van der Waals surface area (Å²) >= 11 is 7.29. The van der Waals surface area contributed by atoms with Gasteiger partial charge < -0.3 is 10.7 Å². The molecule has 1 unspecified atom stereocenters. The normalized spacial score (nSPS) is 19.1. The van der Waals surface area contributed by atoms with Crippen molar-refractivity contribution in [1.29, 1.82) is 5.41 Å². The van der Waals surface area contributed by atoms with E-state index in [0.29, 0.717) is 16.6 Å². The Morgan fingerprint density at radius 3 is 2.43 bits per heavy atom. The molecule has 0 amide bonds. The van der Waals surface area contributed by atoms with Crippen LogP contribution in [-0.4, -0.2) is 22.4 Å². The molecular formula is C13H11ClF3N3S. The summed E-state index contributed by atoms with van der Waals surface area (Å²) in [4.78, 5) is 4.20. The number of halogens is 4. The van der Waals surface area contributed by atoms with E-state index in [2.05, 4.69) is 10.3 Å². The van der Waals surface area contributed by atoms with Crippen molar-refractivity contribution in [2.45, 2.75) is 11.6 Å². The van der Waals surface area contributed by atoms with Gasteiger partial charge in [0.25, 0.3) is 0 Å². The molecule has 2 rings (SSSR count). The molecule has 112 valence electrons. The summed E-state index contributed by atoms with van der Waals surface area (Å²) in [5.74, 6) is 0.412. The number of nitrogens with zero attached hydrogens (tertiary/aromatic N) is 1. The molecule has 1 aliphatic rings. The number of nitrogens with one attached hydrogen (secondary N) is 2. The lowest BCUT2D eigenvalue weighted by molar-refractivity contribution is -0.137. The summed E-state index contributed by atoms with van der Waals surface area (Å²) in [5, 5.41) is 10.5. The molecule has 0 saturated heterocycles. The fourth-order valence-corrected chi connectivity index (χ4v) is 2.49. The highest BCUT2D eigenvalue weighted by atomic mass is 35.5. The monoisotopic (exact) mass is 333 g/mol. The van der Waals surface area contributed by atoms with Gasteiger partial charge in [0, 0.05) is 5.69 Å². The lowest BCUT2D eigenvalue weighted by Crippen LogP contribution is -2.25. The predicted octanol–water partition coefficient (Wildman–Crippen LogP) is 4.36. The number of hydrogen-bond donors (Lipinski definition) is 2. The Kier molecular flexibility index (Phi) is 4.63. The van der Waals surface area contributed by atoms with Crippen LogP contribution in [0, 0.1) is 5.41 Å². The van der Waals surface area contributed by atoms with Gasteiger partial charge in [0.1, 0.15) is 10.9 Å². The minimum atomic E-state index is -4.36. The van der Waals surface area contributed by atoms with Crippen LogP contribution in [-0.2, 0) is 6.18 Å². The fraction of sp³-hybridized carbons (Fsp3) is 0.231. The number of aliphatic imine (C=N–C) groups is 1. The van der Waals surface area contributed by atoms with Crippen molar-refractivity contribution in [2.24, 2.45) is 4.99 Å². The van der Waals surface area contributed by atoms with Crippen LogP contribution in [0.2, 0.25) is 0 Å². The average Bonchev–Trinajstić information content (AvgIpc) is 2.42. The first kappa shape index (κ1) is 15.9. The highest BCUT2D eigenvalue weighted by molar-refractivity contribution is 8.15. The average molecular weight is 334 g/mol. The first-order valence-corrected chi connectivity index (χ1v) is 7.49. The molecule has 1 atom stereocenters. The molecule has 0 spiro atoms. The van der Waals surface area contributed by atoms with Crippen LogP contribution in [0.15, 0.2) is 41.2 Å². The molecule has 1 aromatic carbocycles. The van der Waals surface area contributed by atoms with Crippen LogP contribution >= 0.6 is 23.4 Å². The summed E-state index contributed by atoms with van der Waals surface area (Å²) in [7, 11) is 0. The van der Waals surface area contributed by atoms with Crippen LogP contribution in [0.25, 0.3) is 0 Å². The maximum Gasteiger partial charge on any atom is 0.416 e. The van der Waals surface area contributed by atoms with Crippen LogP contribution in [0.3, 0.4) is 0 Å². The molecule has 8 heteroatoms. The van der Waals surface area contributed by atoms with Gasteiger partial charge >= 0.3 is 6.18 Å². The Morgan fingerprint density at radius 1 is 1.29 bits per heavy atom. The molecule has 1 aromatic rings. The van der Waals surface area contributed by atoms with Crippen LogP contribution in [0.4, 0.5) is 18.9 Å². The Hall–Kier alpha value is -1.47. The maximum absolute atomic E-state index is 12.5. The number of benzene rings is 1. The van der Waals surface area contributed by atoms with E-state index in [0.717, 1.165) is 12.1 Å². The van der Waals surface area contributed by atoms with Gasteiger partial charge in [0.2, 0.25) is 0 Å². The van der Waals surface area contributed by atoms with Crippen LogP contribution < -0.4 is 5.32 Å². The molecule has 0 radical (unpaired) electrons. The SMILES string of the molecule is CSC1=NC(Nc2ccc(C(F)(F)F)cc2)=CC(Cl)C1=N. The fourth-order valence-electron chi connectivity index (χ4n) is 1.66. The number of anilines is 1. The highest BCUT2D eigenvalue weighted by Gasteiger charge is 2.30. The lowest BCUT2D eigenvalue weighted by atomic mass is 10.2. The third-order valence-corrected chi connectivity index (χ3v) is 3.75. The van der Waals surface area contributed by atoms with Crippen molar-refractivity contribution < 1.29 is 13.2 Å². The molecule has 21 heavy (non-hydrogen) atoms. The summed E-state index contributed by atoms with van der Waals surface area (Å²) < 4.78 is 37.4. The minimum absolute atomic E-state index is 0.210. The lowest BCUT2D eigenvalue weighted by Gasteiger charge is -2.17. The third kappa shape index (κ3) is 3.79. The zero-order valence-corrected chi connectivity index (χ0v) is 12.4. The van der Waals surface area contributed by atoms with E-state index in [9.17, 15) is 13.2 Å². The largest absolute Gasteiger partial charge is 0.416 e. The van der Waals surface area contributed by atoms with E-state index in [-0.39, 0.29) is 5.71 Å². The minimum Gasteiger partial charge on any atom is -0.340 e. The zero-order valence-electron chi connectivity index (χ0n) is 10.8. The van der Waals surface area contributed by atoms with Crippen molar-refractivity contribution in [3.8, 4) is 0 Å². The second-order valence-electron chi connectivity index (χ2n) is 4.19. The standard InChI is InChI=1S/C13H11ClF3N3S/c1-21-12-11(18)9(14)6-10(20-12)19-8-4-2-7(3-5-8)13(15,16)17/h2-6,9,18-19H,1H3. The van der Waals surface area contributed by atoms with E-state index in [1.54, 1.807) is 12.3 Å². The number of alkyl halides is 4. The summed E-state index contributed by atoms with van der Waals surface area (Å²) in [5.41, 5.74) is -0.0335. The van der Waals surface area contributed by atoms with Crippen molar-refractivity contribution in [3.05, 3.63) is 41.7 Å². The van der Waals surface area contributed by atoms with Gasteiger partial charge in [-0.1, -0.05) is 0 Å². The number of allylic oxidation sites excluding steroid dienone is 1. The molecule has 0 fully saturated rings. The quantitative estimate of drug-likeness (QED) is 0.790. The van der Waals surface area contributed by atoms with E-state index in [1.807, 2.05) is 0 Å². The van der Waals surface area contributed by atoms with Crippen molar-refractivity contribution in [1.82, 2.24) is 0 Å². The van der Waals surface area contributed by atoms with Gasteiger partial charge in [-0.2, -0.15) is 13.2 Å². The van der Waals surface area contributed by atoms with Gasteiger partial charge in [-0.3, -0.25) is 0 Å². The molecule has 1 aliphatic heterocycles. The number of rotatable bonds is 2. The Morgan fingerprint density at radius 2 is 1.90 bits per heavy atom. The van der Waals surface area contributed by atoms with Crippen molar-refractivity contribution >= 4 is 39.8 Å².